The fourth-order valence-corrected chi connectivity index (χ4v) is 4.77. The molecule has 0 bridgehead atoms. The number of thiazole rings is 1. The van der Waals surface area contributed by atoms with Gasteiger partial charge in [0.05, 0.1) is 5.01 Å². The highest BCUT2D eigenvalue weighted by Crippen LogP contribution is 2.17. The molecule has 2 aromatic carbocycles. The lowest BCUT2D eigenvalue weighted by Crippen LogP contribution is -2.35. The lowest BCUT2D eigenvalue weighted by atomic mass is 10.1. The lowest BCUT2D eigenvalue weighted by molar-refractivity contribution is 0.0756. The summed E-state index contributed by atoms with van der Waals surface area (Å²) in [6.07, 6.45) is 4.09. The van der Waals surface area contributed by atoms with Crippen molar-refractivity contribution < 1.29 is 4.79 Å². The minimum atomic E-state index is 0.0803. The van der Waals surface area contributed by atoms with Gasteiger partial charge in [0.25, 0.3) is 5.91 Å². The molecule has 30 heavy (non-hydrogen) atoms. The molecule has 1 fully saturated rings. The predicted molar refractivity (Wildman–Crippen MR) is 123 cm³/mol. The molecule has 4 rings (SSSR count). The first-order chi connectivity index (χ1) is 14.8. The molecular weight excluding hydrogens is 390 g/mol. The van der Waals surface area contributed by atoms with Crippen LogP contribution in [0.1, 0.15) is 39.5 Å². The molecule has 5 heteroatoms. The minimum Gasteiger partial charge on any atom is -0.336 e. The van der Waals surface area contributed by atoms with Crippen LogP contribution in [0.4, 0.5) is 0 Å². The van der Waals surface area contributed by atoms with Crippen molar-refractivity contribution in [3.8, 4) is 0 Å². The van der Waals surface area contributed by atoms with Crippen LogP contribution < -0.4 is 0 Å². The molecular formula is C25H29N3OS. The summed E-state index contributed by atoms with van der Waals surface area (Å²) in [5.74, 6) is 0.0803. The van der Waals surface area contributed by atoms with Crippen molar-refractivity contribution in [2.24, 2.45) is 0 Å². The summed E-state index contributed by atoms with van der Waals surface area (Å²) in [6, 6.07) is 21.0. The zero-order valence-corrected chi connectivity index (χ0v) is 18.2. The summed E-state index contributed by atoms with van der Waals surface area (Å²) >= 11 is 1.58. The van der Waals surface area contributed by atoms with Gasteiger partial charge in [-0.2, -0.15) is 0 Å². The number of amides is 1. The van der Waals surface area contributed by atoms with E-state index < -0.39 is 0 Å². The highest BCUT2D eigenvalue weighted by atomic mass is 32.1. The average Bonchev–Trinajstić information content (AvgIpc) is 3.12. The van der Waals surface area contributed by atoms with E-state index in [4.69, 9.17) is 0 Å². The monoisotopic (exact) mass is 419 g/mol. The van der Waals surface area contributed by atoms with Crippen LogP contribution in [0.3, 0.4) is 0 Å². The average molecular weight is 420 g/mol. The Bertz CT molecular complexity index is 926. The van der Waals surface area contributed by atoms with Crippen molar-refractivity contribution in [1.82, 2.24) is 14.8 Å². The molecule has 1 aliphatic rings. The maximum absolute atomic E-state index is 13.0. The quantitative estimate of drug-likeness (QED) is 0.565. The summed E-state index contributed by atoms with van der Waals surface area (Å²) in [5, 5.41) is 2.92. The van der Waals surface area contributed by atoms with Gasteiger partial charge in [0.1, 0.15) is 5.69 Å². The lowest BCUT2D eigenvalue weighted by Gasteiger charge is -2.21. The highest BCUT2D eigenvalue weighted by Gasteiger charge is 2.22. The molecule has 0 saturated carbocycles. The van der Waals surface area contributed by atoms with Crippen LogP contribution in [0.15, 0.2) is 66.0 Å². The molecule has 1 aliphatic heterocycles. The van der Waals surface area contributed by atoms with Crippen molar-refractivity contribution in [2.45, 2.75) is 25.7 Å². The zero-order valence-electron chi connectivity index (χ0n) is 17.4. The zero-order chi connectivity index (χ0) is 20.6. The Morgan fingerprint density at radius 3 is 2.40 bits per heavy atom. The van der Waals surface area contributed by atoms with E-state index in [9.17, 15) is 4.79 Å². The van der Waals surface area contributed by atoms with Gasteiger partial charge >= 0.3 is 0 Å². The van der Waals surface area contributed by atoms with Gasteiger partial charge < -0.3 is 9.80 Å². The smallest absolute Gasteiger partial charge is 0.273 e. The van der Waals surface area contributed by atoms with Crippen LogP contribution in [-0.4, -0.2) is 53.4 Å². The van der Waals surface area contributed by atoms with E-state index in [2.05, 4.69) is 52.3 Å². The summed E-state index contributed by atoms with van der Waals surface area (Å²) < 4.78 is 0. The Morgan fingerprint density at radius 1 is 0.900 bits per heavy atom. The standard InChI is InChI=1S/C25H29N3OS/c29-25(23-20-30-24(26-23)19-22-11-5-2-6-12-22)28-16-8-15-27(17-18-28)14-7-13-21-9-3-1-4-10-21/h1-6,9-12,20H,7-8,13-19H2. The third-order valence-electron chi connectivity index (χ3n) is 5.63. The Kier molecular flexibility index (Phi) is 7.27. The molecule has 4 nitrogen and oxygen atoms in total. The van der Waals surface area contributed by atoms with E-state index in [1.807, 2.05) is 28.5 Å². The van der Waals surface area contributed by atoms with Gasteiger partial charge in [-0.25, -0.2) is 4.98 Å². The molecule has 1 saturated heterocycles. The van der Waals surface area contributed by atoms with E-state index >= 15 is 0 Å². The van der Waals surface area contributed by atoms with Crippen LogP contribution in [-0.2, 0) is 12.8 Å². The van der Waals surface area contributed by atoms with Gasteiger partial charge in [-0.1, -0.05) is 60.7 Å². The molecule has 2 heterocycles. The number of hydrogen-bond donors (Lipinski definition) is 0. The van der Waals surface area contributed by atoms with Gasteiger partial charge in [-0.05, 0) is 43.5 Å². The molecule has 0 atom stereocenters. The number of carbonyl (C=O) groups is 1. The third kappa shape index (κ3) is 5.77. The summed E-state index contributed by atoms with van der Waals surface area (Å²) in [5.41, 5.74) is 3.23. The molecule has 1 aromatic heterocycles. The van der Waals surface area contributed by atoms with Crippen LogP contribution in [0.2, 0.25) is 0 Å². The Hall–Kier alpha value is -2.50. The van der Waals surface area contributed by atoms with Crippen molar-refractivity contribution in [2.75, 3.05) is 32.7 Å². The predicted octanol–water partition coefficient (Wildman–Crippen LogP) is 4.51. The maximum atomic E-state index is 13.0. The van der Waals surface area contributed by atoms with Crippen molar-refractivity contribution in [3.63, 3.8) is 0 Å². The SMILES string of the molecule is O=C(c1csc(Cc2ccccc2)n1)N1CCCN(CCCc2ccccc2)CC1. The molecule has 0 aliphatic carbocycles. The van der Waals surface area contributed by atoms with Crippen molar-refractivity contribution >= 4 is 17.2 Å². The third-order valence-corrected chi connectivity index (χ3v) is 6.48. The van der Waals surface area contributed by atoms with Gasteiger partial charge in [-0.3, -0.25) is 4.79 Å². The number of hydrogen-bond acceptors (Lipinski definition) is 4. The maximum Gasteiger partial charge on any atom is 0.273 e. The fraction of sp³-hybridized carbons (Fsp3) is 0.360. The topological polar surface area (TPSA) is 36.4 Å². The number of rotatable bonds is 7. The molecule has 1 amide bonds. The first-order valence-corrected chi connectivity index (χ1v) is 11.7. The van der Waals surface area contributed by atoms with E-state index in [1.54, 1.807) is 11.3 Å². The summed E-state index contributed by atoms with van der Waals surface area (Å²) in [6.45, 7) is 4.71. The summed E-state index contributed by atoms with van der Waals surface area (Å²) in [7, 11) is 0. The molecule has 0 radical (unpaired) electrons. The van der Waals surface area contributed by atoms with Crippen LogP contribution in [0, 0.1) is 0 Å². The van der Waals surface area contributed by atoms with E-state index in [1.165, 1.54) is 11.1 Å². The van der Waals surface area contributed by atoms with Gasteiger partial charge in [-0.15, -0.1) is 11.3 Å². The second-order valence-corrected chi connectivity index (χ2v) is 8.81. The first-order valence-electron chi connectivity index (χ1n) is 10.8. The largest absolute Gasteiger partial charge is 0.336 e. The molecule has 0 spiro atoms. The summed E-state index contributed by atoms with van der Waals surface area (Å²) in [4.78, 5) is 22.1. The van der Waals surface area contributed by atoms with Crippen molar-refractivity contribution in [3.05, 3.63) is 87.9 Å². The number of aryl methyl sites for hydroxylation is 1. The second-order valence-electron chi connectivity index (χ2n) is 7.87. The van der Waals surface area contributed by atoms with E-state index in [0.717, 1.165) is 63.4 Å². The van der Waals surface area contributed by atoms with Crippen LogP contribution >= 0.6 is 11.3 Å². The first kappa shape index (κ1) is 20.8. The molecule has 156 valence electrons. The number of carbonyl (C=O) groups excluding carboxylic acids is 1. The highest BCUT2D eigenvalue weighted by molar-refractivity contribution is 7.09. The van der Waals surface area contributed by atoms with Gasteiger partial charge in [0.15, 0.2) is 0 Å². The normalized spacial score (nSPS) is 15.1. The Labute approximate surface area is 183 Å². The Balaban J connectivity index is 1.26. The minimum absolute atomic E-state index is 0.0803. The fourth-order valence-electron chi connectivity index (χ4n) is 3.97. The van der Waals surface area contributed by atoms with Crippen molar-refractivity contribution in [1.29, 1.82) is 0 Å². The van der Waals surface area contributed by atoms with E-state index in [0.29, 0.717) is 5.69 Å². The van der Waals surface area contributed by atoms with Crippen LogP contribution in [0.5, 0.6) is 0 Å². The van der Waals surface area contributed by atoms with Crippen LogP contribution in [0.25, 0.3) is 0 Å². The number of benzene rings is 2. The van der Waals surface area contributed by atoms with E-state index in [-0.39, 0.29) is 5.91 Å². The molecule has 0 N–H and O–H groups in total. The Morgan fingerprint density at radius 2 is 1.63 bits per heavy atom. The number of nitrogens with zero attached hydrogens (tertiary/aromatic N) is 3. The molecule has 0 unspecified atom stereocenters. The van der Waals surface area contributed by atoms with Gasteiger partial charge in [0, 0.05) is 31.4 Å². The number of aromatic nitrogens is 1. The second kappa shape index (κ2) is 10.5. The van der Waals surface area contributed by atoms with Gasteiger partial charge in [0.2, 0.25) is 0 Å². The molecule has 3 aromatic rings.